The maximum atomic E-state index is 5.72. The first-order chi connectivity index (χ1) is 7.83. The van der Waals surface area contributed by atoms with Gasteiger partial charge in [-0.25, -0.2) is 4.98 Å². The van der Waals surface area contributed by atoms with Gasteiger partial charge in [0.25, 0.3) is 0 Å². The molecular formula is C11H7ClN4. The molecule has 0 fully saturated rings. The highest BCUT2D eigenvalue weighted by atomic mass is 35.5. The van der Waals surface area contributed by atoms with Gasteiger partial charge in [-0.15, -0.1) is 0 Å². The molecule has 16 heavy (non-hydrogen) atoms. The molecule has 3 aromatic heterocycles. The number of nitrogens with zero attached hydrogens (tertiary/aromatic N) is 3. The summed E-state index contributed by atoms with van der Waals surface area (Å²) in [4.78, 5) is 15.4. The van der Waals surface area contributed by atoms with Crippen LogP contribution < -0.4 is 0 Å². The van der Waals surface area contributed by atoms with Crippen LogP contribution in [0.4, 0.5) is 0 Å². The summed E-state index contributed by atoms with van der Waals surface area (Å²) in [7, 11) is 0. The van der Waals surface area contributed by atoms with E-state index in [0.29, 0.717) is 0 Å². The highest BCUT2D eigenvalue weighted by Crippen LogP contribution is 2.21. The maximum absolute atomic E-state index is 5.72. The fourth-order valence-electron chi connectivity index (χ4n) is 1.55. The van der Waals surface area contributed by atoms with Gasteiger partial charge in [-0.1, -0.05) is 6.07 Å². The minimum atomic E-state index is 0.238. The van der Waals surface area contributed by atoms with Crippen LogP contribution in [0.2, 0.25) is 5.28 Å². The van der Waals surface area contributed by atoms with E-state index in [0.717, 1.165) is 22.4 Å². The number of halogens is 1. The summed E-state index contributed by atoms with van der Waals surface area (Å²) >= 11 is 5.72. The fraction of sp³-hybridized carbons (Fsp3) is 0. The molecule has 78 valence electrons. The zero-order valence-corrected chi connectivity index (χ0v) is 8.94. The number of aromatic amines is 1. The third-order valence-corrected chi connectivity index (χ3v) is 2.46. The highest BCUT2D eigenvalue weighted by Gasteiger charge is 2.05. The van der Waals surface area contributed by atoms with Crippen molar-refractivity contribution < 1.29 is 0 Å². The lowest BCUT2D eigenvalue weighted by molar-refractivity contribution is 1.20. The molecule has 3 rings (SSSR count). The van der Waals surface area contributed by atoms with Crippen LogP contribution in [0, 0.1) is 0 Å². The zero-order chi connectivity index (χ0) is 11.0. The van der Waals surface area contributed by atoms with Gasteiger partial charge in [0, 0.05) is 17.8 Å². The number of hydrogen-bond acceptors (Lipinski definition) is 3. The molecule has 0 aliphatic carbocycles. The fourth-order valence-corrected chi connectivity index (χ4v) is 1.69. The van der Waals surface area contributed by atoms with E-state index in [2.05, 4.69) is 19.9 Å². The number of H-pyrrole nitrogens is 1. The molecule has 5 heteroatoms. The Morgan fingerprint density at radius 3 is 2.94 bits per heavy atom. The van der Waals surface area contributed by atoms with E-state index in [1.165, 1.54) is 0 Å². The van der Waals surface area contributed by atoms with E-state index in [1.807, 2.05) is 24.3 Å². The number of aromatic nitrogens is 4. The molecule has 0 aromatic carbocycles. The molecule has 0 atom stereocenters. The Morgan fingerprint density at radius 1 is 1.19 bits per heavy atom. The molecule has 3 heterocycles. The minimum Gasteiger partial charge on any atom is -0.338 e. The van der Waals surface area contributed by atoms with Crippen LogP contribution in [0.5, 0.6) is 0 Å². The zero-order valence-electron chi connectivity index (χ0n) is 8.18. The molecule has 0 saturated heterocycles. The lowest BCUT2D eigenvalue weighted by Gasteiger charge is -1.93. The summed E-state index contributed by atoms with van der Waals surface area (Å²) in [6.07, 6.45) is 3.44. The first-order valence-corrected chi connectivity index (χ1v) is 5.13. The SMILES string of the molecule is Clc1ncc2cc(-c3ccccn3)[nH]c2n1. The quantitative estimate of drug-likeness (QED) is 0.654. The largest absolute Gasteiger partial charge is 0.338 e. The summed E-state index contributed by atoms with van der Waals surface area (Å²) in [5.74, 6) is 0. The van der Waals surface area contributed by atoms with Crippen molar-refractivity contribution in [2.24, 2.45) is 0 Å². The van der Waals surface area contributed by atoms with Gasteiger partial charge < -0.3 is 4.98 Å². The van der Waals surface area contributed by atoms with Crippen molar-refractivity contribution in [1.82, 2.24) is 19.9 Å². The number of pyridine rings is 1. The van der Waals surface area contributed by atoms with Crippen molar-refractivity contribution in [3.63, 3.8) is 0 Å². The van der Waals surface area contributed by atoms with Gasteiger partial charge in [0.1, 0.15) is 5.65 Å². The predicted molar refractivity (Wildman–Crippen MR) is 62.1 cm³/mol. The Balaban J connectivity index is 2.19. The van der Waals surface area contributed by atoms with Gasteiger partial charge in [0.2, 0.25) is 5.28 Å². The second kappa shape index (κ2) is 3.57. The number of hydrogen-bond donors (Lipinski definition) is 1. The van der Waals surface area contributed by atoms with Crippen molar-refractivity contribution in [3.05, 3.63) is 41.9 Å². The van der Waals surface area contributed by atoms with E-state index in [9.17, 15) is 0 Å². The van der Waals surface area contributed by atoms with Crippen molar-refractivity contribution in [1.29, 1.82) is 0 Å². The maximum Gasteiger partial charge on any atom is 0.224 e. The molecule has 0 unspecified atom stereocenters. The van der Waals surface area contributed by atoms with E-state index in [1.54, 1.807) is 12.4 Å². The number of fused-ring (bicyclic) bond motifs is 1. The Bertz CT molecular complexity index is 633. The van der Waals surface area contributed by atoms with Gasteiger partial charge in [-0.05, 0) is 29.8 Å². The van der Waals surface area contributed by atoms with Gasteiger partial charge in [0.15, 0.2) is 0 Å². The summed E-state index contributed by atoms with van der Waals surface area (Å²) in [6.45, 7) is 0. The van der Waals surface area contributed by atoms with E-state index < -0.39 is 0 Å². The molecule has 4 nitrogen and oxygen atoms in total. The molecule has 3 aromatic rings. The van der Waals surface area contributed by atoms with E-state index in [4.69, 9.17) is 11.6 Å². The number of rotatable bonds is 1. The molecule has 0 bridgehead atoms. The minimum absolute atomic E-state index is 0.238. The second-order valence-corrected chi connectivity index (χ2v) is 3.68. The van der Waals surface area contributed by atoms with Crippen LogP contribution in [0.1, 0.15) is 0 Å². The Hall–Kier alpha value is -1.94. The Kier molecular flexibility index (Phi) is 2.08. The van der Waals surface area contributed by atoms with Crippen LogP contribution >= 0.6 is 11.6 Å². The Morgan fingerprint density at radius 2 is 2.12 bits per heavy atom. The van der Waals surface area contributed by atoms with Crippen LogP contribution in [-0.2, 0) is 0 Å². The van der Waals surface area contributed by atoms with Gasteiger partial charge in [0.05, 0.1) is 11.4 Å². The average Bonchev–Trinajstić information content (AvgIpc) is 2.73. The monoisotopic (exact) mass is 230 g/mol. The normalized spacial score (nSPS) is 10.8. The molecule has 0 aliphatic rings. The van der Waals surface area contributed by atoms with Gasteiger partial charge >= 0.3 is 0 Å². The smallest absolute Gasteiger partial charge is 0.224 e. The second-order valence-electron chi connectivity index (χ2n) is 3.34. The Labute approximate surface area is 96.3 Å². The molecule has 0 saturated carbocycles. The lowest BCUT2D eigenvalue weighted by Crippen LogP contribution is -1.82. The standard InChI is InChI=1S/C11H7ClN4/c12-11-14-6-7-5-9(15-10(7)16-11)8-3-1-2-4-13-8/h1-6H,(H,14,15,16). The van der Waals surface area contributed by atoms with Crippen molar-refractivity contribution in [2.45, 2.75) is 0 Å². The summed E-state index contributed by atoms with van der Waals surface area (Å²) < 4.78 is 0. The van der Waals surface area contributed by atoms with E-state index >= 15 is 0 Å². The van der Waals surface area contributed by atoms with Crippen LogP contribution in [0.3, 0.4) is 0 Å². The van der Waals surface area contributed by atoms with Gasteiger partial charge in [-0.2, -0.15) is 4.98 Å². The third kappa shape index (κ3) is 1.53. The predicted octanol–water partition coefficient (Wildman–Crippen LogP) is 2.67. The molecule has 0 spiro atoms. The summed E-state index contributed by atoms with van der Waals surface area (Å²) in [6, 6.07) is 7.70. The molecule has 1 N–H and O–H groups in total. The molecule has 0 amide bonds. The average molecular weight is 231 g/mol. The van der Waals surface area contributed by atoms with Crippen LogP contribution in [0.25, 0.3) is 22.4 Å². The van der Waals surface area contributed by atoms with Gasteiger partial charge in [-0.3, -0.25) is 4.98 Å². The van der Waals surface area contributed by atoms with Crippen molar-refractivity contribution in [2.75, 3.05) is 0 Å². The first kappa shape index (κ1) is 9.30. The summed E-state index contributed by atoms with van der Waals surface area (Å²) in [5, 5.41) is 1.16. The van der Waals surface area contributed by atoms with Crippen LogP contribution in [0.15, 0.2) is 36.7 Å². The first-order valence-electron chi connectivity index (χ1n) is 4.75. The number of nitrogens with one attached hydrogen (secondary N) is 1. The molecule has 0 aliphatic heterocycles. The topological polar surface area (TPSA) is 54.5 Å². The van der Waals surface area contributed by atoms with Crippen LogP contribution in [-0.4, -0.2) is 19.9 Å². The molecule has 0 radical (unpaired) electrons. The summed E-state index contributed by atoms with van der Waals surface area (Å²) in [5.41, 5.74) is 2.50. The van der Waals surface area contributed by atoms with Crippen molar-refractivity contribution in [3.8, 4) is 11.4 Å². The highest BCUT2D eigenvalue weighted by molar-refractivity contribution is 6.28. The van der Waals surface area contributed by atoms with Crippen molar-refractivity contribution >= 4 is 22.6 Å². The molecular weight excluding hydrogens is 224 g/mol. The van der Waals surface area contributed by atoms with E-state index in [-0.39, 0.29) is 5.28 Å². The lowest BCUT2D eigenvalue weighted by atomic mass is 10.2. The third-order valence-electron chi connectivity index (χ3n) is 2.28.